The molecule has 1 aromatic carbocycles. The second kappa shape index (κ2) is 11.8. The highest BCUT2D eigenvalue weighted by Gasteiger charge is 2.32. The number of nitrogens with one attached hydrogen (secondary N) is 3. The van der Waals surface area contributed by atoms with Crippen LogP contribution in [0.2, 0.25) is 0 Å². The van der Waals surface area contributed by atoms with E-state index in [1.807, 2.05) is 0 Å². The first-order chi connectivity index (χ1) is 16.2. The van der Waals surface area contributed by atoms with Crippen molar-refractivity contribution in [3.63, 3.8) is 0 Å². The maximum absolute atomic E-state index is 13.2. The van der Waals surface area contributed by atoms with Gasteiger partial charge in [-0.05, 0) is 43.1 Å². The van der Waals surface area contributed by atoms with Crippen molar-refractivity contribution < 1.29 is 27.5 Å². The van der Waals surface area contributed by atoms with Crippen LogP contribution < -0.4 is 16.0 Å². The number of alkyl halides is 3. The van der Waals surface area contributed by atoms with Gasteiger partial charge in [-0.2, -0.15) is 13.2 Å². The third-order valence-electron chi connectivity index (χ3n) is 6.08. The van der Waals surface area contributed by atoms with Crippen LogP contribution in [0.4, 0.5) is 13.2 Å². The van der Waals surface area contributed by atoms with Crippen LogP contribution in [0, 0.1) is 5.92 Å². The second-order valence-electron chi connectivity index (χ2n) is 8.72. The number of amides is 1. The van der Waals surface area contributed by atoms with Gasteiger partial charge in [0.15, 0.2) is 16.8 Å². The highest BCUT2D eigenvalue weighted by molar-refractivity contribution is 7.80. The number of thiocarbonyl (C=S) groups is 1. The Morgan fingerprint density at radius 2 is 1.94 bits per heavy atom. The van der Waals surface area contributed by atoms with E-state index in [1.165, 1.54) is 0 Å². The summed E-state index contributed by atoms with van der Waals surface area (Å²) in [7, 11) is 0. The minimum Gasteiger partial charge on any atom is -0.438 e. The largest absolute Gasteiger partial charge is 0.438 e. The number of nitrogens with zero attached hydrogens (tertiary/aromatic N) is 1. The summed E-state index contributed by atoms with van der Waals surface area (Å²) in [5.41, 5.74) is 1.12. The van der Waals surface area contributed by atoms with E-state index in [2.05, 4.69) is 20.9 Å². The van der Waals surface area contributed by atoms with Gasteiger partial charge in [0.1, 0.15) is 18.1 Å². The third kappa shape index (κ3) is 7.56. The number of benzene rings is 1. The smallest absolute Gasteiger partial charge is 0.405 e. The van der Waals surface area contributed by atoms with E-state index in [1.54, 1.807) is 31.2 Å². The number of halogens is 3. The zero-order valence-electron chi connectivity index (χ0n) is 19.0. The average Bonchev–Trinajstić information content (AvgIpc) is 3.25. The molecule has 0 bridgehead atoms. The summed E-state index contributed by atoms with van der Waals surface area (Å²) in [5.74, 6) is -0.0827. The third-order valence-corrected chi connectivity index (χ3v) is 6.34. The summed E-state index contributed by atoms with van der Waals surface area (Å²) in [6, 6.07) is 5.55. The highest BCUT2D eigenvalue weighted by atomic mass is 32.1. The Kier molecular flexibility index (Phi) is 9.12. The number of para-hydroxylation sites is 2. The molecule has 1 aliphatic rings. The number of carbonyl (C=O) groups is 1. The van der Waals surface area contributed by atoms with Crippen LogP contribution in [0.5, 0.6) is 0 Å². The van der Waals surface area contributed by atoms with Crippen molar-refractivity contribution in [1.29, 1.82) is 0 Å². The lowest BCUT2D eigenvalue weighted by molar-refractivity contribution is -0.125. The van der Waals surface area contributed by atoms with Crippen LogP contribution in [0.25, 0.3) is 11.1 Å². The van der Waals surface area contributed by atoms with Gasteiger partial charge in [0.25, 0.3) is 0 Å². The monoisotopic (exact) mass is 500 g/mol. The lowest BCUT2D eigenvalue weighted by Gasteiger charge is -2.29. The zero-order valence-corrected chi connectivity index (χ0v) is 19.8. The lowest BCUT2D eigenvalue weighted by atomic mass is 9.84. The van der Waals surface area contributed by atoms with Gasteiger partial charge in [0.05, 0.1) is 6.04 Å². The molecule has 7 nitrogen and oxygen atoms in total. The Hall–Kier alpha value is -2.40. The summed E-state index contributed by atoms with van der Waals surface area (Å²) in [5, 5.41) is 18.3. The van der Waals surface area contributed by atoms with Crippen LogP contribution in [0.15, 0.2) is 28.7 Å². The fourth-order valence-corrected chi connectivity index (χ4v) is 4.47. The molecule has 1 heterocycles. The van der Waals surface area contributed by atoms with E-state index in [0.717, 1.165) is 32.1 Å². The van der Waals surface area contributed by atoms with Crippen molar-refractivity contribution in [1.82, 2.24) is 20.9 Å². The SMILES string of the molecule is CCC(NC(=O)C(CC1CCCCC1)NC(=S)NCC(F)(F)F)C(O)c1nc2ccccc2o1. The van der Waals surface area contributed by atoms with E-state index in [-0.39, 0.29) is 16.9 Å². The number of hydrogen-bond acceptors (Lipinski definition) is 5. The predicted molar refractivity (Wildman–Crippen MR) is 126 cm³/mol. The molecule has 188 valence electrons. The first-order valence-electron chi connectivity index (χ1n) is 11.6. The van der Waals surface area contributed by atoms with Crippen LogP contribution in [0.1, 0.15) is 63.9 Å². The summed E-state index contributed by atoms with van der Waals surface area (Å²) in [6.45, 7) is 0.514. The Labute approximate surface area is 201 Å². The molecule has 1 aromatic heterocycles. The Balaban J connectivity index is 1.68. The van der Waals surface area contributed by atoms with E-state index in [0.29, 0.717) is 23.9 Å². The number of oxazole rings is 1. The van der Waals surface area contributed by atoms with Crippen LogP contribution in [-0.4, -0.2) is 45.9 Å². The molecule has 0 saturated heterocycles. The second-order valence-corrected chi connectivity index (χ2v) is 9.13. The molecule has 1 fully saturated rings. The molecule has 1 amide bonds. The fourth-order valence-electron chi connectivity index (χ4n) is 4.25. The molecule has 4 N–H and O–H groups in total. The topological polar surface area (TPSA) is 99.4 Å². The van der Waals surface area contributed by atoms with E-state index >= 15 is 0 Å². The number of aliphatic hydroxyl groups is 1. The molecule has 3 rings (SSSR count). The van der Waals surface area contributed by atoms with Gasteiger partial charge in [-0.15, -0.1) is 0 Å². The molecule has 0 radical (unpaired) electrons. The Morgan fingerprint density at radius 1 is 1.24 bits per heavy atom. The Morgan fingerprint density at radius 3 is 2.59 bits per heavy atom. The number of carbonyl (C=O) groups excluding carboxylic acids is 1. The van der Waals surface area contributed by atoms with Crippen LogP contribution in [0.3, 0.4) is 0 Å². The van der Waals surface area contributed by atoms with Crippen molar-refractivity contribution in [2.45, 2.75) is 76.2 Å². The standard InChI is InChI=1S/C23H31F3N4O3S/c1-2-15(19(31)21-29-16-10-6-7-11-18(16)33-21)28-20(32)17(12-14-8-4-3-5-9-14)30-22(34)27-13-23(24,25)26/h6-7,10-11,14-15,17,19,31H,2-5,8-9,12-13H2,1H3,(H,28,32)(H2,27,30,34). The molecule has 1 saturated carbocycles. The summed E-state index contributed by atoms with van der Waals surface area (Å²) >= 11 is 5.02. The molecule has 11 heteroatoms. The quantitative estimate of drug-likeness (QED) is 0.385. The van der Waals surface area contributed by atoms with E-state index < -0.39 is 36.8 Å². The van der Waals surface area contributed by atoms with Gasteiger partial charge in [0.2, 0.25) is 11.8 Å². The van der Waals surface area contributed by atoms with Gasteiger partial charge in [0, 0.05) is 0 Å². The molecule has 3 unspecified atom stereocenters. The molecule has 0 aliphatic heterocycles. The molecule has 2 aromatic rings. The maximum Gasteiger partial charge on any atom is 0.405 e. The van der Waals surface area contributed by atoms with Gasteiger partial charge < -0.3 is 25.5 Å². The number of aliphatic hydroxyl groups excluding tert-OH is 1. The minimum absolute atomic E-state index is 0.0903. The molecule has 34 heavy (non-hydrogen) atoms. The normalized spacial score (nSPS) is 17.7. The van der Waals surface area contributed by atoms with Gasteiger partial charge in [-0.3, -0.25) is 4.79 Å². The van der Waals surface area contributed by atoms with Gasteiger partial charge in [-0.1, -0.05) is 51.2 Å². The Bertz CT molecular complexity index is 929. The minimum atomic E-state index is -4.43. The lowest BCUT2D eigenvalue weighted by Crippen LogP contribution is -2.54. The maximum atomic E-state index is 13.2. The van der Waals surface area contributed by atoms with Gasteiger partial charge in [-0.25, -0.2) is 4.98 Å². The molecule has 1 aliphatic carbocycles. The zero-order chi connectivity index (χ0) is 24.7. The van der Waals surface area contributed by atoms with Crippen molar-refractivity contribution >= 4 is 34.3 Å². The van der Waals surface area contributed by atoms with Crippen molar-refractivity contribution in [2.24, 2.45) is 5.92 Å². The predicted octanol–water partition coefficient (Wildman–Crippen LogP) is 4.12. The molecule has 0 spiro atoms. The first kappa shape index (κ1) is 26.2. The average molecular weight is 501 g/mol. The van der Waals surface area contributed by atoms with Crippen molar-refractivity contribution in [2.75, 3.05) is 6.54 Å². The number of hydrogen-bond donors (Lipinski definition) is 4. The summed E-state index contributed by atoms with van der Waals surface area (Å²) < 4.78 is 43.3. The van der Waals surface area contributed by atoms with Crippen molar-refractivity contribution in [3.8, 4) is 0 Å². The first-order valence-corrected chi connectivity index (χ1v) is 12.0. The van der Waals surface area contributed by atoms with Gasteiger partial charge >= 0.3 is 6.18 Å². The fraction of sp³-hybridized carbons (Fsp3) is 0.609. The van der Waals surface area contributed by atoms with E-state index in [9.17, 15) is 23.1 Å². The number of fused-ring (bicyclic) bond motifs is 1. The highest BCUT2D eigenvalue weighted by Crippen LogP contribution is 2.28. The van der Waals surface area contributed by atoms with Crippen molar-refractivity contribution in [3.05, 3.63) is 30.2 Å². The molecular formula is C23H31F3N4O3S. The summed E-state index contributed by atoms with van der Waals surface area (Å²) in [6.07, 6.45) is 0.381. The molecule has 3 atom stereocenters. The number of aromatic nitrogens is 1. The van der Waals surface area contributed by atoms with E-state index in [4.69, 9.17) is 16.6 Å². The van der Waals surface area contributed by atoms with Crippen LogP contribution in [-0.2, 0) is 4.79 Å². The number of rotatable bonds is 9. The van der Waals surface area contributed by atoms with Crippen LogP contribution >= 0.6 is 12.2 Å². The summed E-state index contributed by atoms with van der Waals surface area (Å²) in [4.78, 5) is 17.5. The molecular weight excluding hydrogens is 469 g/mol.